The van der Waals surface area contributed by atoms with E-state index in [1.54, 1.807) is 7.11 Å². The van der Waals surface area contributed by atoms with Crippen LogP contribution in [-0.2, 0) is 20.4 Å². The molecule has 0 fully saturated rings. The fourth-order valence-electron chi connectivity index (χ4n) is 1.37. The summed E-state index contributed by atoms with van der Waals surface area (Å²) in [5.74, 6) is 0.938. The maximum atomic E-state index is 5.23. The van der Waals surface area contributed by atoms with Crippen molar-refractivity contribution in [1.29, 1.82) is 0 Å². The zero-order chi connectivity index (χ0) is 8.39. The quantitative estimate of drug-likeness (QED) is 0.720. The van der Waals surface area contributed by atoms with E-state index in [9.17, 15) is 0 Å². The minimum absolute atomic E-state index is 0. The monoisotopic (exact) mass is 264 g/mol. The third-order valence-corrected chi connectivity index (χ3v) is 1.97. The molecule has 0 saturated carbocycles. The number of ether oxygens (including phenoxy) is 1. The average molecular weight is 265 g/mol. The number of fused-ring (bicyclic) bond motifs is 1. The molecule has 0 amide bonds. The molecule has 0 aliphatic heterocycles. The van der Waals surface area contributed by atoms with Gasteiger partial charge in [-0.25, -0.2) is 0 Å². The Labute approximate surface area is 91.4 Å². The maximum Gasteiger partial charge on any atom is 0.126 e. The molecule has 0 unspecified atom stereocenters. The Morgan fingerprint density at radius 1 is 0.923 bits per heavy atom. The largest absolute Gasteiger partial charge is 0.496 e. The van der Waals surface area contributed by atoms with Crippen LogP contribution in [0.2, 0.25) is 0 Å². The molecule has 0 spiro atoms. The summed E-state index contributed by atoms with van der Waals surface area (Å²) in [5, 5.41) is 2.39. The van der Waals surface area contributed by atoms with E-state index in [1.807, 2.05) is 24.3 Å². The standard InChI is InChI=1S/C11H10O.Pd/c1-12-11-8-4-6-9-5-2-3-7-10(9)11;/h2-8H,1H3;. The van der Waals surface area contributed by atoms with Crippen LogP contribution in [0.15, 0.2) is 42.5 Å². The van der Waals surface area contributed by atoms with Gasteiger partial charge in [-0.1, -0.05) is 36.4 Å². The number of hydrogen-bond acceptors (Lipinski definition) is 1. The molecule has 0 saturated heterocycles. The number of methoxy groups -OCH3 is 1. The van der Waals surface area contributed by atoms with Gasteiger partial charge >= 0.3 is 0 Å². The van der Waals surface area contributed by atoms with Crippen molar-refractivity contribution in [2.45, 2.75) is 0 Å². The first kappa shape index (κ1) is 10.2. The van der Waals surface area contributed by atoms with Gasteiger partial charge in [-0.15, -0.1) is 0 Å². The van der Waals surface area contributed by atoms with Crippen LogP contribution < -0.4 is 4.74 Å². The molecule has 70 valence electrons. The Morgan fingerprint density at radius 3 is 2.38 bits per heavy atom. The fourth-order valence-corrected chi connectivity index (χ4v) is 1.37. The van der Waals surface area contributed by atoms with E-state index in [2.05, 4.69) is 18.2 Å². The summed E-state index contributed by atoms with van der Waals surface area (Å²) in [7, 11) is 1.70. The van der Waals surface area contributed by atoms with Gasteiger partial charge in [0.1, 0.15) is 5.75 Å². The molecular weight excluding hydrogens is 255 g/mol. The second kappa shape index (κ2) is 4.41. The van der Waals surface area contributed by atoms with Crippen LogP contribution in [0.3, 0.4) is 0 Å². The second-order valence-electron chi connectivity index (χ2n) is 2.68. The summed E-state index contributed by atoms with van der Waals surface area (Å²) >= 11 is 0. The van der Waals surface area contributed by atoms with E-state index in [0.29, 0.717) is 0 Å². The van der Waals surface area contributed by atoms with Crippen molar-refractivity contribution in [2.24, 2.45) is 0 Å². The van der Waals surface area contributed by atoms with Crippen LogP contribution in [0.25, 0.3) is 10.8 Å². The number of hydrogen-bond donors (Lipinski definition) is 0. The Kier molecular flexibility index (Phi) is 3.48. The van der Waals surface area contributed by atoms with Crippen LogP contribution in [0.5, 0.6) is 5.75 Å². The van der Waals surface area contributed by atoms with E-state index >= 15 is 0 Å². The summed E-state index contributed by atoms with van der Waals surface area (Å²) < 4.78 is 5.23. The van der Waals surface area contributed by atoms with Crippen LogP contribution in [-0.4, -0.2) is 7.11 Å². The molecule has 0 atom stereocenters. The van der Waals surface area contributed by atoms with Crippen LogP contribution in [0.1, 0.15) is 0 Å². The zero-order valence-electron chi connectivity index (χ0n) is 7.27. The molecule has 0 heterocycles. The minimum Gasteiger partial charge on any atom is -0.496 e. The molecule has 2 heteroatoms. The van der Waals surface area contributed by atoms with Gasteiger partial charge < -0.3 is 4.74 Å². The molecule has 0 radical (unpaired) electrons. The zero-order valence-corrected chi connectivity index (χ0v) is 8.82. The van der Waals surface area contributed by atoms with Crippen molar-refractivity contribution >= 4 is 10.8 Å². The average Bonchev–Trinajstić information content (AvgIpc) is 2.17. The molecule has 1 nitrogen and oxygen atoms in total. The van der Waals surface area contributed by atoms with E-state index in [-0.39, 0.29) is 20.4 Å². The van der Waals surface area contributed by atoms with Gasteiger partial charge in [-0.3, -0.25) is 0 Å². The van der Waals surface area contributed by atoms with Crippen LogP contribution in [0.4, 0.5) is 0 Å². The first-order valence-electron chi connectivity index (χ1n) is 3.93. The van der Waals surface area contributed by atoms with Gasteiger partial charge in [0.05, 0.1) is 7.11 Å². The third kappa shape index (κ3) is 1.91. The topological polar surface area (TPSA) is 9.23 Å². The van der Waals surface area contributed by atoms with E-state index in [4.69, 9.17) is 4.74 Å². The van der Waals surface area contributed by atoms with Gasteiger partial charge in [0.15, 0.2) is 0 Å². The molecule has 0 bridgehead atoms. The molecule has 0 aromatic heterocycles. The first-order chi connectivity index (χ1) is 5.92. The van der Waals surface area contributed by atoms with Crippen LogP contribution >= 0.6 is 0 Å². The molecular formula is C11H10OPd. The SMILES string of the molecule is COc1cccc2ccccc12.[Pd]. The second-order valence-corrected chi connectivity index (χ2v) is 2.68. The number of rotatable bonds is 1. The maximum absolute atomic E-state index is 5.23. The molecule has 2 aromatic carbocycles. The molecule has 0 aliphatic carbocycles. The van der Waals surface area contributed by atoms with Crippen molar-refractivity contribution in [2.75, 3.05) is 7.11 Å². The Morgan fingerprint density at radius 2 is 1.62 bits per heavy atom. The fraction of sp³-hybridized carbons (Fsp3) is 0.0909. The van der Waals surface area contributed by atoms with Crippen molar-refractivity contribution in [3.63, 3.8) is 0 Å². The minimum atomic E-state index is 0. The Bertz CT molecular complexity index is 393. The predicted octanol–water partition coefficient (Wildman–Crippen LogP) is 2.85. The van der Waals surface area contributed by atoms with Crippen LogP contribution in [0, 0.1) is 0 Å². The third-order valence-electron chi connectivity index (χ3n) is 1.97. The smallest absolute Gasteiger partial charge is 0.126 e. The van der Waals surface area contributed by atoms with Gasteiger partial charge in [0, 0.05) is 25.8 Å². The molecule has 2 rings (SSSR count). The van der Waals surface area contributed by atoms with E-state index in [0.717, 1.165) is 5.75 Å². The van der Waals surface area contributed by atoms with Crippen molar-refractivity contribution in [3.05, 3.63) is 42.5 Å². The summed E-state index contributed by atoms with van der Waals surface area (Å²) in [6.45, 7) is 0. The van der Waals surface area contributed by atoms with Crippen molar-refractivity contribution < 1.29 is 25.2 Å². The molecule has 2 aromatic rings. The Hall–Kier alpha value is -0.838. The summed E-state index contributed by atoms with van der Waals surface area (Å²) in [6, 6.07) is 14.2. The van der Waals surface area contributed by atoms with E-state index in [1.165, 1.54) is 10.8 Å². The number of benzene rings is 2. The van der Waals surface area contributed by atoms with Gasteiger partial charge in [0.2, 0.25) is 0 Å². The van der Waals surface area contributed by atoms with Crippen molar-refractivity contribution in [3.8, 4) is 5.75 Å². The van der Waals surface area contributed by atoms with Gasteiger partial charge in [0.25, 0.3) is 0 Å². The molecule has 13 heavy (non-hydrogen) atoms. The Balaban J connectivity index is 0.000000845. The normalized spacial score (nSPS) is 9.31. The summed E-state index contributed by atoms with van der Waals surface area (Å²) in [6.07, 6.45) is 0. The van der Waals surface area contributed by atoms with E-state index < -0.39 is 0 Å². The summed E-state index contributed by atoms with van der Waals surface area (Å²) in [4.78, 5) is 0. The predicted molar refractivity (Wildman–Crippen MR) is 50.5 cm³/mol. The van der Waals surface area contributed by atoms with Gasteiger partial charge in [-0.05, 0) is 11.5 Å². The first-order valence-corrected chi connectivity index (χ1v) is 3.93. The molecule has 0 N–H and O–H groups in total. The summed E-state index contributed by atoms with van der Waals surface area (Å²) in [5.41, 5.74) is 0. The van der Waals surface area contributed by atoms with Gasteiger partial charge in [-0.2, -0.15) is 0 Å². The molecule has 0 aliphatic rings. The van der Waals surface area contributed by atoms with Crippen molar-refractivity contribution in [1.82, 2.24) is 0 Å².